The average molecular weight is 229 g/mol. The van der Waals surface area contributed by atoms with Crippen LogP contribution in [-0.2, 0) is 0 Å². The Hall–Kier alpha value is -1.12. The van der Waals surface area contributed by atoms with Crippen LogP contribution in [0.25, 0.3) is 0 Å². The zero-order chi connectivity index (χ0) is 12.6. The molecule has 0 aromatic heterocycles. The van der Waals surface area contributed by atoms with E-state index in [1.54, 1.807) is 0 Å². The molecule has 92 valence electrons. The molecule has 0 amide bonds. The highest BCUT2D eigenvalue weighted by molar-refractivity contribution is 5.31. The average Bonchev–Trinajstić information content (AvgIpc) is 2.31. The SMILES string of the molecule is C=C/C(F)=C(NC(C)CCCC)\C(F)=C/C. The van der Waals surface area contributed by atoms with E-state index in [9.17, 15) is 8.78 Å². The summed E-state index contributed by atoms with van der Waals surface area (Å²) in [6.07, 6.45) is 5.24. The van der Waals surface area contributed by atoms with Crippen molar-refractivity contribution in [2.75, 3.05) is 0 Å². The topological polar surface area (TPSA) is 12.0 Å². The van der Waals surface area contributed by atoms with E-state index in [1.165, 1.54) is 13.0 Å². The largest absolute Gasteiger partial charge is 0.378 e. The van der Waals surface area contributed by atoms with Gasteiger partial charge in [0, 0.05) is 6.04 Å². The van der Waals surface area contributed by atoms with Crippen molar-refractivity contribution in [3.63, 3.8) is 0 Å². The summed E-state index contributed by atoms with van der Waals surface area (Å²) in [5.41, 5.74) is -0.0962. The van der Waals surface area contributed by atoms with Crippen LogP contribution in [-0.4, -0.2) is 6.04 Å². The van der Waals surface area contributed by atoms with Gasteiger partial charge in [0.1, 0.15) is 17.4 Å². The van der Waals surface area contributed by atoms with Crippen molar-refractivity contribution < 1.29 is 8.78 Å². The molecule has 1 nitrogen and oxygen atoms in total. The highest BCUT2D eigenvalue weighted by Gasteiger charge is 2.12. The minimum atomic E-state index is -0.654. The Morgan fingerprint density at radius 3 is 2.50 bits per heavy atom. The van der Waals surface area contributed by atoms with Gasteiger partial charge in [-0.3, -0.25) is 0 Å². The molecule has 0 saturated carbocycles. The van der Waals surface area contributed by atoms with Crippen molar-refractivity contribution in [3.05, 3.63) is 36.1 Å². The van der Waals surface area contributed by atoms with Crippen molar-refractivity contribution in [1.29, 1.82) is 0 Å². The van der Waals surface area contributed by atoms with E-state index >= 15 is 0 Å². The maximum Gasteiger partial charge on any atom is 0.148 e. The van der Waals surface area contributed by atoms with Gasteiger partial charge < -0.3 is 5.32 Å². The second-order valence-electron chi connectivity index (χ2n) is 3.75. The van der Waals surface area contributed by atoms with Gasteiger partial charge in [0.05, 0.1) is 0 Å². The van der Waals surface area contributed by atoms with Gasteiger partial charge in [-0.2, -0.15) is 0 Å². The molecular weight excluding hydrogens is 208 g/mol. The molecule has 1 atom stereocenters. The van der Waals surface area contributed by atoms with Crippen LogP contribution in [0.1, 0.15) is 40.0 Å². The number of unbranched alkanes of at least 4 members (excludes halogenated alkanes) is 1. The monoisotopic (exact) mass is 229 g/mol. The first-order valence-electron chi connectivity index (χ1n) is 5.67. The van der Waals surface area contributed by atoms with E-state index in [2.05, 4.69) is 18.8 Å². The number of halogens is 2. The highest BCUT2D eigenvalue weighted by Crippen LogP contribution is 2.17. The van der Waals surface area contributed by atoms with E-state index < -0.39 is 11.7 Å². The van der Waals surface area contributed by atoms with Gasteiger partial charge in [0.15, 0.2) is 0 Å². The van der Waals surface area contributed by atoms with E-state index in [-0.39, 0.29) is 11.7 Å². The number of nitrogens with one attached hydrogen (secondary N) is 1. The highest BCUT2D eigenvalue weighted by atomic mass is 19.1. The molecule has 0 radical (unpaired) electrons. The van der Waals surface area contributed by atoms with Crippen LogP contribution in [0.2, 0.25) is 0 Å². The van der Waals surface area contributed by atoms with E-state index in [1.807, 2.05) is 6.92 Å². The molecular formula is C13H21F2N. The van der Waals surface area contributed by atoms with Crippen molar-refractivity contribution in [2.24, 2.45) is 0 Å². The fraction of sp³-hybridized carbons (Fsp3) is 0.538. The minimum absolute atomic E-state index is 0.0475. The molecule has 0 aliphatic rings. The van der Waals surface area contributed by atoms with Crippen molar-refractivity contribution in [3.8, 4) is 0 Å². The fourth-order valence-electron chi connectivity index (χ4n) is 1.33. The molecule has 1 unspecified atom stereocenters. The Kier molecular flexibility index (Phi) is 7.52. The number of allylic oxidation sites excluding steroid dienone is 4. The Morgan fingerprint density at radius 1 is 1.44 bits per heavy atom. The standard InChI is InChI=1S/C13H21F2N/c1-5-8-9-10(4)16-13(11(14)6-2)12(15)7-3/h6-7,10,16H,2,5,8-9H2,1,3-4H3/b12-7+,13-11-. The second kappa shape index (κ2) is 8.08. The van der Waals surface area contributed by atoms with Crippen LogP contribution >= 0.6 is 0 Å². The van der Waals surface area contributed by atoms with E-state index in [4.69, 9.17) is 0 Å². The molecule has 3 heteroatoms. The van der Waals surface area contributed by atoms with Crippen LogP contribution in [0.3, 0.4) is 0 Å². The first-order valence-corrected chi connectivity index (χ1v) is 5.67. The number of rotatable bonds is 7. The van der Waals surface area contributed by atoms with Crippen molar-refractivity contribution in [2.45, 2.75) is 46.1 Å². The quantitative estimate of drug-likeness (QED) is 0.638. The maximum absolute atomic E-state index is 13.4. The van der Waals surface area contributed by atoms with Gasteiger partial charge in [-0.25, -0.2) is 8.78 Å². The van der Waals surface area contributed by atoms with Gasteiger partial charge in [0.2, 0.25) is 0 Å². The summed E-state index contributed by atoms with van der Waals surface area (Å²) < 4.78 is 26.7. The van der Waals surface area contributed by atoms with Crippen molar-refractivity contribution >= 4 is 0 Å². The lowest BCUT2D eigenvalue weighted by Gasteiger charge is -2.17. The van der Waals surface area contributed by atoms with Crippen LogP contribution < -0.4 is 5.32 Å². The maximum atomic E-state index is 13.4. The molecule has 0 rings (SSSR count). The molecule has 0 saturated heterocycles. The van der Waals surface area contributed by atoms with Crippen LogP contribution in [0, 0.1) is 0 Å². The lowest BCUT2D eigenvalue weighted by atomic mass is 10.1. The first kappa shape index (κ1) is 14.9. The molecule has 0 spiro atoms. The third kappa shape index (κ3) is 5.10. The molecule has 0 fully saturated rings. The molecule has 1 N–H and O–H groups in total. The smallest absolute Gasteiger partial charge is 0.148 e. The molecule has 0 bridgehead atoms. The summed E-state index contributed by atoms with van der Waals surface area (Å²) in [7, 11) is 0. The summed E-state index contributed by atoms with van der Waals surface area (Å²) >= 11 is 0. The van der Waals surface area contributed by atoms with Crippen LogP contribution in [0.5, 0.6) is 0 Å². The fourth-order valence-corrected chi connectivity index (χ4v) is 1.33. The van der Waals surface area contributed by atoms with Crippen molar-refractivity contribution in [1.82, 2.24) is 5.32 Å². The van der Waals surface area contributed by atoms with Gasteiger partial charge in [-0.05, 0) is 32.4 Å². The molecule has 0 aromatic carbocycles. The zero-order valence-electron chi connectivity index (χ0n) is 10.3. The van der Waals surface area contributed by atoms with E-state index in [0.717, 1.165) is 25.3 Å². The lowest BCUT2D eigenvalue weighted by Crippen LogP contribution is -2.26. The van der Waals surface area contributed by atoms with Gasteiger partial charge in [0.25, 0.3) is 0 Å². The molecule has 0 heterocycles. The summed E-state index contributed by atoms with van der Waals surface area (Å²) in [4.78, 5) is 0. The Balaban J connectivity index is 4.64. The molecule has 0 aromatic rings. The van der Waals surface area contributed by atoms with E-state index in [0.29, 0.717) is 0 Å². The Labute approximate surface area is 96.9 Å². The van der Waals surface area contributed by atoms with Crippen LogP contribution in [0.15, 0.2) is 36.1 Å². The summed E-state index contributed by atoms with van der Waals surface area (Å²) in [6.45, 7) is 8.83. The summed E-state index contributed by atoms with van der Waals surface area (Å²) in [5.74, 6) is -1.24. The van der Waals surface area contributed by atoms with Crippen LogP contribution in [0.4, 0.5) is 8.78 Å². The third-order valence-corrected chi connectivity index (χ3v) is 2.29. The summed E-state index contributed by atoms with van der Waals surface area (Å²) in [6, 6.07) is 0.0475. The molecule has 0 aliphatic carbocycles. The Bertz CT molecular complexity index is 280. The number of hydrogen-bond donors (Lipinski definition) is 1. The normalized spacial score (nSPS) is 15.4. The van der Waals surface area contributed by atoms with Gasteiger partial charge in [-0.1, -0.05) is 26.3 Å². The molecule has 16 heavy (non-hydrogen) atoms. The number of hydrogen-bond acceptors (Lipinski definition) is 1. The zero-order valence-corrected chi connectivity index (χ0v) is 10.3. The lowest BCUT2D eigenvalue weighted by molar-refractivity contribution is 0.502. The second-order valence-corrected chi connectivity index (χ2v) is 3.75. The predicted octanol–water partition coefficient (Wildman–Crippen LogP) is 4.40. The first-order chi connectivity index (χ1) is 7.56. The Morgan fingerprint density at radius 2 is 2.06 bits per heavy atom. The predicted molar refractivity (Wildman–Crippen MR) is 65.3 cm³/mol. The molecule has 0 aliphatic heterocycles. The summed E-state index contributed by atoms with van der Waals surface area (Å²) in [5, 5.41) is 2.84. The van der Waals surface area contributed by atoms with Gasteiger partial charge in [-0.15, -0.1) is 0 Å². The minimum Gasteiger partial charge on any atom is -0.378 e. The third-order valence-electron chi connectivity index (χ3n) is 2.29. The van der Waals surface area contributed by atoms with Gasteiger partial charge >= 0.3 is 0 Å².